The lowest BCUT2D eigenvalue weighted by atomic mass is 9.85. The predicted molar refractivity (Wildman–Crippen MR) is 117 cm³/mol. The third-order valence-electron chi connectivity index (χ3n) is 5.42. The molecule has 29 heavy (non-hydrogen) atoms. The molecule has 160 valence electrons. The molecule has 2 rings (SSSR count). The van der Waals surface area contributed by atoms with E-state index in [2.05, 4.69) is 11.8 Å². The van der Waals surface area contributed by atoms with Crippen LogP contribution in [0, 0.1) is 25.7 Å². The molecule has 0 radical (unpaired) electrons. The highest BCUT2D eigenvalue weighted by molar-refractivity contribution is 7.89. The Labute approximate surface area is 175 Å². The van der Waals surface area contributed by atoms with Crippen LogP contribution in [0.4, 0.5) is 0 Å². The summed E-state index contributed by atoms with van der Waals surface area (Å²) in [5, 5.41) is 0. The molecule has 0 spiro atoms. The van der Waals surface area contributed by atoms with Gasteiger partial charge in [0.15, 0.2) is 0 Å². The molecule has 0 aliphatic carbocycles. The summed E-state index contributed by atoms with van der Waals surface area (Å²) in [4.78, 5) is 13.1. The summed E-state index contributed by atoms with van der Waals surface area (Å²) in [6, 6.07) is 4.05. The fourth-order valence-electron chi connectivity index (χ4n) is 3.95. The summed E-state index contributed by atoms with van der Waals surface area (Å²) < 4.78 is 32.0. The Bertz CT molecular complexity index is 857. The zero-order valence-corrected chi connectivity index (χ0v) is 18.9. The van der Waals surface area contributed by atoms with E-state index in [1.54, 1.807) is 6.92 Å². The third kappa shape index (κ3) is 6.40. The second kappa shape index (κ2) is 10.9. The number of rotatable bonds is 3. The van der Waals surface area contributed by atoms with E-state index in [4.69, 9.17) is 4.74 Å². The number of sulfonamides is 1. The Morgan fingerprint density at radius 2 is 1.79 bits per heavy atom. The van der Waals surface area contributed by atoms with Gasteiger partial charge in [0, 0.05) is 31.7 Å². The summed E-state index contributed by atoms with van der Waals surface area (Å²) in [5.74, 6) is 5.88. The van der Waals surface area contributed by atoms with E-state index in [9.17, 15) is 13.2 Å². The van der Waals surface area contributed by atoms with E-state index in [0.29, 0.717) is 39.1 Å². The van der Waals surface area contributed by atoms with Gasteiger partial charge in [-0.3, -0.25) is 4.79 Å². The van der Waals surface area contributed by atoms with Gasteiger partial charge in [0.1, 0.15) is 5.78 Å². The molecule has 0 saturated carbocycles. The standard InChI is InChI=1S/C23H33NO4S/c1-5-10-20-15-18(3)23(19(4)16-20)21-17-28-14-8-7-12-24(29(26,27)6-2)13-9-11-22(21)25/h15-16,21H,6-9,11-14,17H2,1-4H3. The quantitative estimate of drug-likeness (QED) is 0.703. The molecule has 1 aromatic rings. The fraction of sp³-hybridized carbons (Fsp3) is 0.609. The Kier molecular flexibility index (Phi) is 8.88. The minimum absolute atomic E-state index is 0.0888. The van der Waals surface area contributed by atoms with E-state index in [1.807, 2.05) is 32.9 Å². The maximum absolute atomic E-state index is 13.1. The van der Waals surface area contributed by atoms with Gasteiger partial charge in [0.05, 0.1) is 18.3 Å². The van der Waals surface area contributed by atoms with Gasteiger partial charge in [0.25, 0.3) is 0 Å². The first-order valence-electron chi connectivity index (χ1n) is 10.4. The van der Waals surface area contributed by atoms with Crippen molar-refractivity contribution in [2.45, 2.75) is 59.3 Å². The lowest BCUT2D eigenvalue weighted by molar-refractivity contribution is -0.122. The molecule has 0 amide bonds. The van der Waals surface area contributed by atoms with Gasteiger partial charge in [-0.05, 0) is 75.8 Å². The van der Waals surface area contributed by atoms with Gasteiger partial charge in [-0.2, -0.15) is 0 Å². The summed E-state index contributed by atoms with van der Waals surface area (Å²) in [5.41, 5.74) is 4.07. The van der Waals surface area contributed by atoms with Gasteiger partial charge in [-0.25, -0.2) is 12.7 Å². The number of hydrogen-bond acceptors (Lipinski definition) is 4. The Morgan fingerprint density at radius 3 is 2.41 bits per heavy atom. The summed E-state index contributed by atoms with van der Waals surface area (Å²) >= 11 is 0. The van der Waals surface area contributed by atoms with Gasteiger partial charge in [0.2, 0.25) is 10.0 Å². The Hall–Kier alpha value is -1.68. The molecule has 1 aromatic carbocycles. The minimum Gasteiger partial charge on any atom is -0.380 e. The monoisotopic (exact) mass is 419 g/mol. The number of Topliss-reactive ketones (excluding diaryl/α,β-unsaturated/α-hetero) is 1. The molecular weight excluding hydrogens is 386 g/mol. The summed E-state index contributed by atoms with van der Waals surface area (Å²) in [6.45, 7) is 9.30. The van der Waals surface area contributed by atoms with Crippen LogP contribution in [0.5, 0.6) is 0 Å². The number of nitrogens with zero attached hydrogens (tertiary/aromatic N) is 1. The van der Waals surface area contributed by atoms with Crippen LogP contribution < -0.4 is 0 Å². The zero-order valence-electron chi connectivity index (χ0n) is 18.1. The van der Waals surface area contributed by atoms with Crippen molar-refractivity contribution in [1.82, 2.24) is 4.31 Å². The van der Waals surface area contributed by atoms with Crippen molar-refractivity contribution in [3.8, 4) is 11.8 Å². The zero-order chi connectivity index (χ0) is 21.4. The van der Waals surface area contributed by atoms with Gasteiger partial charge >= 0.3 is 0 Å². The molecule has 1 aliphatic heterocycles. The first kappa shape index (κ1) is 23.6. The predicted octanol–water partition coefficient (Wildman–Crippen LogP) is 3.57. The number of ether oxygens (including phenoxy) is 1. The van der Waals surface area contributed by atoms with Crippen molar-refractivity contribution < 1.29 is 17.9 Å². The largest absolute Gasteiger partial charge is 0.380 e. The maximum atomic E-state index is 13.1. The molecule has 6 heteroatoms. The number of hydrogen-bond donors (Lipinski definition) is 0. The smallest absolute Gasteiger partial charge is 0.213 e. The van der Waals surface area contributed by atoms with Crippen LogP contribution >= 0.6 is 0 Å². The van der Waals surface area contributed by atoms with Gasteiger partial charge < -0.3 is 4.74 Å². The highest BCUT2D eigenvalue weighted by atomic mass is 32.2. The summed E-state index contributed by atoms with van der Waals surface area (Å²) in [7, 11) is -3.25. The third-order valence-corrected chi connectivity index (χ3v) is 7.30. The van der Waals surface area contributed by atoms with E-state index < -0.39 is 10.0 Å². The van der Waals surface area contributed by atoms with Crippen molar-refractivity contribution >= 4 is 15.8 Å². The second-order valence-corrected chi connectivity index (χ2v) is 9.86. The van der Waals surface area contributed by atoms with Crippen molar-refractivity contribution in [3.63, 3.8) is 0 Å². The number of carbonyl (C=O) groups excluding carboxylic acids is 1. The molecule has 0 N–H and O–H groups in total. The van der Waals surface area contributed by atoms with Crippen LogP contribution in [0.15, 0.2) is 12.1 Å². The van der Waals surface area contributed by atoms with E-state index >= 15 is 0 Å². The average Bonchev–Trinajstić information content (AvgIpc) is 2.65. The maximum Gasteiger partial charge on any atom is 0.213 e. The van der Waals surface area contributed by atoms with Crippen LogP contribution in [-0.2, 0) is 19.6 Å². The van der Waals surface area contributed by atoms with Crippen LogP contribution in [0.2, 0.25) is 0 Å². The highest BCUT2D eigenvalue weighted by Crippen LogP contribution is 2.28. The molecule has 0 bridgehead atoms. The SMILES string of the molecule is CC#Cc1cc(C)c(C2COCCCCN(S(=O)(=O)CC)CCCC2=O)c(C)c1. The highest BCUT2D eigenvalue weighted by Gasteiger charge is 2.26. The molecule has 1 aliphatic rings. The number of benzene rings is 1. The van der Waals surface area contributed by atoms with Crippen LogP contribution in [0.25, 0.3) is 0 Å². The lowest BCUT2D eigenvalue weighted by Crippen LogP contribution is -2.35. The molecule has 1 saturated heterocycles. The van der Waals surface area contributed by atoms with Gasteiger partial charge in [-0.1, -0.05) is 5.92 Å². The summed E-state index contributed by atoms with van der Waals surface area (Å²) in [6.07, 6.45) is 2.42. The normalized spacial score (nSPS) is 20.3. The lowest BCUT2D eigenvalue weighted by Gasteiger charge is -2.25. The number of ketones is 1. The van der Waals surface area contributed by atoms with Crippen LogP contribution in [0.1, 0.15) is 67.7 Å². The molecular formula is C23H33NO4S. The minimum atomic E-state index is -3.25. The molecule has 1 fully saturated rings. The van der Waals surface area contributed by atoms with Crippen molar-refractivity contribution in [1.29, 1.82) is 0 Å². The van der Waals surface area contributed by atoms with Crippen LogP contribution in [-0.4, -0.2) is 50.6 Å². The Morgan fingerprint density at radius 1 is 1.14 bits per heavy atom. The molecule has 1 atom stereocenters. The topological polar surface area (TPSA) is 63.7 Å². The molecule has 1 unspecified atom stereocenters. The van der Waals surface area contributed by atoms with E-state index in [0.717, 1.165) is 35.1 Å². The van der Waals surface area contributed by atoms with Crippen molar-refractivity contribution in [3.05, 3.63) is 34.4 Å². The van der Waals surface area contributed by atoms with Crippen molar-refractivity contribution in [2.75, 3.05) is 32.1 Å². The Balaban J connectivity index is 2.25. The number of aryl methyl sites for hydroxylation is 2. The first-order chi connectivity index (χ1) is 13.8. The van der Waals surface area contributed by atoms with Crippen LogP contribution in [0.3, 0.4) is 0 Å². The second-order valence-electron chi connectivity index (χ2n) is 7.60. The van der Waals surface area contributed by atoms with E-state index in [-0.39, 0.29) is 17.5 Å². The first-order valence-corrected chi connectivity index (χ1v) is 12.0. The molecule has 0 aromatic heterocycles. The fourth-order valence-corrected chi connectivity index (χ4v) is 5.13. The molecule has 5 nitrogen and oxygen atoms in total. The van der Waals surface area contributed by atoms with Crippen molar-refractivity contribution in [2.24, 2.45) is 0 Å². The van der Waals surface area contributed by atoms with Gasteiger partial charge in [-0.15, -0.1) is 5.92 Å². The van der Waals surface area contributed by atoms with E-state index in [1.165, 1.54) is 4.31 Å². The molecule has 1 heterocycles. The number of carbonyl (C=O) groups is 1. The average molecular weight is 420 g/mol.